The number of nitrogens with one attached hydrogen (secondary N) is 1. The fourth-order valence-corrected chi connectivity index (χ4v) is 4.71. The van der Waals surface area contributed by atoms with Gasteiger partial charge in [-0.1, -0.05) is 27.5 Å². The van der Waals surface area contributed by atoms with Gasteiger partial charge in [0.2, 0.25) is 0 Å². The van der Waals surface area contributed by atoms with E-state index in [0.717, 1.165) is 29.5 Å². The van der Waals surface area contributed by atoms with Crippen molar-refractivity contribution in [1.82, 2.24) is 4.98 Å². The first-order valence-corrected chi connectivity index (χ1v) is 8.54. The van der Waals surface area contributed by atoms with Crippen molar-refractivity contribution in [3.63, 3.8) is 0 Å². The standard InChI is InChI=1S/C11H8Br3ClN2S/c1-5-7(12)2-8(13)10(9(5)14)16-3-6-4-17-11(15)18-6/h2,4,16H,3H2,1H3. The van der Waals surface area contributed by atoms with E-state index in [1.54, 1.807) is 6.20 Å². The monoisotopic (exact) mass is 472 g/mol. The number of nitrogens with zero attached hydrogens (tertiary/aromatic N) is 1. The van der Waals surface area contributed by atoms with Crippen molar-refractivity contribution in [3.05, 3.63) is 40.6 Å². The molecule has 7 heteroatoms. The van der Waals surface area contributed by atoms with E-state index in [2.05, 4.69) is 65.0 Å². The Morgan fingerprint density at radius 2 is 2.06 bits per heavy atom. The summed E-state index contributed by atoms with van der Waals surface area (Å²) in [5, 5.41) is 3.38. The third-order valence-corrected chi connectivity index (χ3v) is 5.92. The Balaban J connectivity index is 2.22. The zero-order valence-electron chi connectivity index (χ0n) is 9.23. The average molecular weight is 475 g/mol. The van der Waals surface area contributed by atoms with Gasteiger partial charge in [-0.25, -0.2) is 4.98 Å². The molecule has 1 aromatic heterocycles. The van der Waals surface area contributed by atoms with E-state index in [0.29, 0.717) is 11.0 Å². The highest BCUT2D eigenvalue weighted by atomic mass is 79.9. The van der Waals surface area contributed by atoms with E-state index in [4.69, 9.17) is 11.6 Å². The Morgan fingerprint density at radius 3 is 2.67 bits per heavy atom. The molecule has 1 heterocycles. The van der Waals surface area contributed by atoms with E-state index in [1.165, 1.54) is 11.3 Å². The van der Waals surface area contributed by atoms with Crippen LogP contribution in [-0.2, 0) is 6.54 Å². The van der Waals surface area contributed by atoms with Gasteiger partial charge in [0.25, 0.3) is 0 Å². The van der Waals surface area contributed by atoms with Crippen LogP contribution >= 0.6 is 70.7 Å². The highest BCUT2D eigenvalue weighted by Crippen LogP contribution is 2.38. The molecule has 0 saturated carbocycles. The van der Waals surface area contributed by atoms with Crippen molar-refractivity contribution in [2.24, 2.45) is 0 Å². The van der Waals surface area contributed by atoms with Gasteiger partial charge < -0.3 is 5.32 Å². The van der Waals surface area contributed by atoms with Crippen LogP contribution in [0.3, 0.4) is 0 Å². The fourth-order valence-electron chi connectivity index (χ4n) is 1.39. The van der Waals surface area contributed by atoms with Gasteiger partial charge >= 0.3 is 0 Å². The summed E-state index contributed by atoms with van der Waals surface area (Å²) in [6.07, 6.45) is 1.79. The Morgan fingerprint density at radius 1 is 1.33 bits per heavy atom. The molecule has 0 aliphatic heterocycles. The van der Waals surface area contributed by atoms with E-state index >= 15 is 0 Å². The molecule has 0 fully saturated rings. The van der Waals surface area contributed by atoms with E-state index in [9.17, 15) is 0 Å². The number of hydrogen-bond acceptors (Lipinski definition) is 3. The SMILES string of the molecule is Cc1c(Br)cc(Br)c(NCc2cnc(Cl)s2)c1Br. The topological polar surface area (TPSA) is 24.9 Å². The van der Waals surface area contributed by atoms with Crippen LogP contribution < -0.4 is 5.32 Å². The lowest BCUT2D eigenvalue weighted by Crippen LogP contribution is -2.00. The summed E-state index contributed by atoms with van der Waals surface area (Å²) < 4.78 is 3.67. The largest absolute Gasteiger partial charge is 0.378 e. The van der Waals surface area contributed by atoms with Gasteiger partial charge in [-0.2, -0.15) is 0 Å². The number of rotatable bonds is 3. The Bertz CT molecular complexity index is 586. The Kier molecular flexibility index (Phi) is 5.11. The fraction of sp³-hybridized carbons (Fsp3) is 0.182. The number of halogens is 4. The van der Waals surface area contributed by atoms with Crippen LogP contribution in [0.5, 0.6) is 0 Å². The smallest absolute Gasteiger partial charge is 0.183 e. The van der Waals surface area contributed by atoms with Crippen molar-refractivity contribution in [2.75, 3.05) is 5.32 Å². The molecule has 0 aliphatic carbocycles. The van der Waals surface area contributed by atoms with Crippen LogP contribution in [0.2, 0.25) is 4.47 Å². The number of benzene rings is 1. The lowest BCUT2D eigenvalue weighted by atomic mass is 10.2. The minimum absolute atomic E-state index is 0.567. The number of anilines is 1. The lowest BCUT2D eigenvalue weighted by Gasteiger charge is -2.13. The first kappa shape index (κ1) is 14.8. The first-order chi connectivity index (χ1) is 8.49. The van der Waals surface area contributed by atoms with Crippen molar-refractivity contribution < 1.29 is 0 Å². The van der Waals surface area contributed by atoms with Gasteiger partial charge in [0, 0.05) is 24.5 Å². The van der Waals surface area contributed by atoms with Crippen LogP contribution in [0.4, 0.5) is 5.69 Å². The summed E-state index contributed by atoms with van der Waals surface area (Å²) in [4.78, 5) is 5.12. The lowest BCUT2D eigenvalue weighted by molar-refractivity contribution is 1.16. The molecule has 18 heavy (non-hydrogen) atoms. The van der Waals surface area contributed by atoms with Gasteiger partial charge in [0.1, 0.15) is 0 Å². The van der Waals surface area contributed by atoms with Gasteiger partial charge in [-0.15, -0.1) is 11.3 Å². The number of aromatic nitrogens is 1. The van der Waals surface area contributed by atoms with Crippen LogP contribution in [-0.4, -0.2) is 4.98 Å². The normalized spacial score (nSPS) is 10.7. The van der Waals surface area contributed by atoms with Gasteiger partial charge in [0.15, 0.2) is 4.47 Å². The highest BCUT2D eigenvalue weighted by Gasteiger charge is 2.11. The first-order valence-electron chi connectivity index (χ1n) is 4.97. The van der Waals surface area contributed by atoms with Gasteiger partial charge in [-0.05, 0) is 50.4 Å². The maximum Gasteiger partial charge on any atom is 0.183 e. The molecular weight excluding hydrogens is 467 g/mol. The molecule has 2 aromatic rings. The molecule has 96 valence electrons. The molecular formula is C11H8Br3ClN2S. The summed E-state index contributed by atoms with van der Waals surface area (Å²) in [6, 6.07) is 2.03. The van der Waals surface area contributed by atoms with E-state index in [-0.39, 0.29) is 0 Å². The van der Waals surface area contributed by atoms with Crippen LogP contribution in [0.15, 0.2) is 25.7 Å². The van der Waals surface area contributed by atoms with E-state index < -0.39 is 0 Å². The second-order valence-electron chi connectivity index (χ2n) is 3.59. The zero-order valence-corrected chi connectivity index (χ0v) is 15.6. The predicted octanol–water partition coefficient (Wildman–Crippen LogP) is 6.00. The summed E-state index contributed by atoms with van der Waals surface area (Å²) in [7, 11) is 0. The number of hydrogen-bond donors (Lipinski definition) is 1. The summed E-state index contributed by atoms with van der Waals surface area (Å²) in [6.45, 7) is 2.75. The second kappa shape index (κ2) is 6.22. The molecule has 1 N–H and O–H groups in total. The molecule has 0 unspecified atom stereocenters. The summed E-state index contributed by atoms with van der Waals surface area (Å²) >= 11 is 18.0. The molecule has 2 rings (SSSR count). The zero-order chi connectivity index (χ0) is 13.3. The second-order valence-corrected chi connectivity index (χ2v) is 7.79. The van der Waals surface area contributed by atoms with Crippen molar-refractivity contribution in [1.29, 1.82) is 0 Å². The van der Waals surface area contributed by atoms with Crippen LogP contribution in [0.1, 0.15) is 10.4 Å². The molecule has 0 saturated heterocycles. The van der Waals surface area contributed by atoms with Crippen molar-refractivity contribution >= 4 is 76.4 Å². The molecule has 1 aromatic carbocycles. The summed E-state index contributed by atoms with van der Waals surface area (Å²) in [5.41, 5.74) is 2.18. The average Bonchev–Trinajstić information content (AvgIpc) is 2.72. The maximum absolute atomic E-state index is 5.81. The summed E-state index contributed by atoms with van der Waals surface area (Å²) in [5.74, 6) is 0. The molecule has 0 radical (unpaired) electrons. The van der Waals surface area contributed by atoms with E-state index in [1.807, 2.05) is 6.07 Å². The molecule has 0 atom stereocenters. The predicted molar refractivity (Wildman–Crippen MR) is 88.7 cm³/mol. The minimum atomic E-state index is 0.567. The van der Waals surface area contributed by atoms with Crippen LogP contribution in [0.25, 0.3) is 0 Å². The molecule has 0 amide bonds. The molecule has 0 aliphatic rings. The third kappa shape index (κ3) is 3.28. The van der Waals surface area contributed by atoms with Crippen molar-refractivity contribution in [3.8, 4) is 0 Å². The minimum Gasteiger partial charge on any atom is -0.378 e. The quantitative estimate of drug-likeness (QED) is 0.589. The molecule has 0 spiro atoms. The highest BCUT2D eigenvalue weighted by molar-refractivity contribution is 9.11. The Labute approximate surface area is 140 Å². The van der Waals surface area contributed by atoms with Crippen molar-refractivity contribution in [2.45, 2.75) is 13.5 Å². The van der Waals surface area contributed by atoms with Crippen LogP contribution in [0, 0.1) is 6.92 Å². The maximum atomic E-state index is 5.81. The molecule has 0 bridgehead atoms. The Hall–Kier alpha value is 0.380. The van der Waals surface area contributed by atoms with Gasteiger partial charge in [0.05, 0.1) is 12.2 Å². The van der Waals surface area contributed by atoms with Gasteiger partial charge in [-0.3, -0.25) is 0 Å². The number of thiazole rings is 1. The third-order valence-electron chi connectivity index (χ3n) is 2.36. The molecule has 2 nitrogen and oxygen atoms in total.